The molecule has 4 nitrogen and oxygen atoms in total. The number of aromatic nitrogens is 1. The monoisotopic (exact) mass is 256 g/mol. The molecule has 7 heteroatoms. The molecule has 1 rings (SSSR count). The Hall–Kier alpha value is -0.580. The van der Waals surface area contributed by atoms with Crippen LogP contribution in [-0.2, 0) is 4.74 Å². The van der Waals surface area contributed by atoms with Gasteiger partial charge in [0.1, 0.15) is 12.4 Å². The first kappa shape index (κ1) is 11.5. The molecule has 0 atom stereocenters. The average molecular weight is 258 g/mol. The van der Waals surface area contributed by atoms with E-state index in [1.807, 2.05) is 0 Å². The van der Waals surface area contributed by atoms with Crippen molar-refractivity contribution in [2.75, 3.05) is 11.9 Å². The molecule has 0 radical (unpaired) electrons. The normalized spacial score (nSPS) is 11.1. The molecule has 0 aromatic carbocycles. The van der Waals surface area contributed by atoms with Crippen molar-refractivity contribution in [1.82, 2.24) is 4.98 Å². The average Bonchev–Trinajstić information content (AvgIpc) is 2.52. The van der Waals surface area contributed by atoms with Gasteiger partial charge in [0.05, 0.1) is 0 Å². The van der Waals surface area contributed by atoms with Crippen LogP contribution in [0.5, 0.6) is 0 Å². The van der Waals surface area contributed by atoms with Gasteiger partial charge in [0.15, 0.2) is 0 Å². The third-order valence-corrected chi connectivity index (χ3v) is 1.53. The van der Waals surface area contributed by atoms with Gasteiger partial charge in [0, 0.05) is 6.20 Å². The summed E-state index contributed by atoms with van der Waals surface area (Å²) in [5, 5.41) is 2.40. The van der Waals surface area contributed by atoms with E-state index in [1.54, 1.807) is 18.3 Å². The summed E-state index contributed by atoms with van der Waals surface area (Å²) in [7, 11) is 0. The number of H-pyrrole nitrogens is 1. The van der Waals surface area contributed by atoms with E-state index in [0.717, 1.165) is 0 Å². The van der Waals surface area contributed by atoms with Crippen molar-refractivity contribution in [2.45, 2.75) is 3.79 Å². The lowest BCUT2D eigenvalue weighted by molar-refractivity contribution is 0.164. The molecule has 1 amide bonds. The van der Waals surface area contributed by atoms with Crippen molar-refractivity contribution in [3.8, 4) is 0 Å². The standard InChI is InChI=1S/C7H7Cl3N2O2/c8-7(9,10)4-14-6(13)12-5-2-1-3-11-5/h1-3,11H,4H2,(H,12,13). The summed E-state index contributed by atoms with van der Waals surface area (Å²) in [6.45, 7) is -0.301. The number of hydrogen-bond acceptors (Lipinski definition) is 2. The molecule has 0 aliphatic carbocycles. The highest BCUT2D eigenvalue weighted by atomic mass is 35.6. The molecular weight excluding hydrogens is 250 g/mol. The van der Waals surface area contributed by atoms with Gasteiger partial charge in [0.2, 0.25) is 3.79 Å². The lowest BCUT2D eigenvalue weighted by atomic mass is 10.6. The van der Waals surface area contributed by atoms with Crippen LogP contribution < -0.4 is 5.32 Å². The minimum atomic E-state index is -1.59. The van der Waals surface area contributed by atoms with E-state index in [4.69, 9.17) is 34.8 Å². The van der Waals surface area contributed by atoms with Gasteiger partial charge >= 0.3 is 6.09 Å². The Morgan fingerprint density at radius 3 is 2.79 bits per heavy atom. The van der Waals surface area contributed by atoms with Gasteiger partial charge in [-0.3, -0.25) is 5.32 Å². The van der Waals surface area contributed by atoms with E-state index in [2.05, 4.69) is 15.0 Å². The number of nitrogens with one attached hydrogen (secondary N) is 2. The first-order valence-corrected chi connectivity index (χ1v) is 4.75. The van der Waals surface area contributed by atoms with Gasteiger partial charge in [0.25, 0.3) is 0 Å². The van der Waals surface area contributed by atoms with Crippen LogP contribution >= 0.6 is 34.8 Å². The van der Waals surface area contributed by atoms with Crippen LogP contribution in [-0.4, -0.2) is 21.5 Å². The number of hydrogen-bond donors (Lipinski definition) is 2. The minimum Gasteiger partial charge on any atom is -0.445 e. The van der Waals surface area contributed by atoms with Gasteiger partial charge in [-0.05, 0) is 12.1 Å². The summed E-state index contributed by atoms with van der Waals surface area (Å²) in [5.41, 5.74) is 0. The van der Waals surface area contributed by atoms with Crippen molar-refractivity contribution < 1.29 is 9.53 Å². The predicted molar refractivity (Wildman–Crippen MR) is 56.1 cm³/mol. The predicted octanol–water partition coefficient (Wildman–Crippen LogP) is 2.93. The summed E-state index contributed by atoms with van der Waals surface area (Å²) in [6.07, 6.45) is 0.976. The number of rotatable bonds is 2. The van der Waals surface area contributed by atoms with E-state index in [1.165, 1.54) is 0 Å². The van der Waals surface area contributed by atoms with Crippen LogP contribution in [0.4, 0.5) is 10.6 Å². The minimum absolute atomic E-state index is 0.301. The lowest BCUT2D eigenvalue weighted by Gasteiger charge is -2.11. The summed E-state index contributed by atoms with van der Waals surface area (Å²) >= 11 is 16.1. The van der Waals surface area contributed by atoms with Gasteiger partial charge < -0.3 is 9.72 Å². The van der Waals surface area contributed by atoms with E-state index >= 15 is 0 Å². The van der Waals surface area contributed by atoms with Gasteiger partial charge in [-0.25, -0.2) is 4.79 Å². The fourth-order valence-corrected chi connectivity index (χ4v) is 0.865. The second-order valence-corrected chi connectivity index (χ2v) is 4.92. The van der Waals surface area contributed by atoms with Crippen LogP contribution in [0.2, 0.25) is 0 Å². The van der Waals surface area contributed by atoms with Crippen LogP contribution in [0.25, 0.3) is 0 Å². The van der Waals surface area contributed by atoms with E-state index in [9.17, 15) is 4.79 Å². The summed E-state index contributed by atoms with van der Waals surface area (Å²) < 4.78 is 3.02. The Kier molecular flexibility index (Phi) is 3.92. The number of amides is 1. The zero-order valence-corrected chi connectivity index (χ0v) is 9.16. The molecule has 1 heterocycles. The summed E-state index contributed by atoms with van der Waals surface area (Å²) in [4.78, 5) is 13.8. The van der Waals surface area contributed by atoms with Crippen molar-refractivity contribution in [3.63, 3.8) is 0 Å². The summed E-state index contributed by atoms with van der Waals surface area (Å²) in [5.74, 6) is 0.513. The van der Waals surface area contributed by atoms with Gasteiger partial charge in [-0.2, -0.15) is 0 Å². The maximum Gasteiger partial charge on any atom is 0.412 e. The molecule has 1 aromatic heterocycles. The number of aromatic amines is 1. The van der Waals surface area contributed by atoms with Gasteiger partial charge in [-0.15, -0.1) is 0 Å². The van der Waals surface area contributed by atoms with Crippen molar-refractivity contribution in [3.05, 3.63) is 18.3 Å². The largest absolute Gasteiger partial charge is 0.445 e. The Bertz CT molecular complexity index is 294. The molecule has 0 aliphatic heterocycles. The SMILES string of the molecule is O=C(Nc1ccc[nH]1)OCC(Cl)(Cl)Cl. The zero-order chi connectivity index (χ0) is 10.6. The molecule has 0 aliphatic rings. The van der Waals surface area contributed by atoms with Crippen LogP contribution in [0, 0.1) is 0 Å². The molecule has 2 N–H and O–H groups in total. The Balaban J connectivity index is 2.30. The van der Waals surface area contributed by atoms with Gasteiger partial charge in [-0.1, -0.05) is 34.8 Å². The van der Waals surface area contributed by atoms with Crippen LogP contribution in [0.15, 0.2) is 18.3 Å². The third-order valence-electron chi connectivity index (χ3n) is 1.20. The van der Waals surface area contributed by atoms with E-state index < -0.39 is 9.89 Å². The first-order valence-electron chi connectivity index (χ1n) is 3.61. The fourth-order valence-electron chi connectivity index (χ4n) is 0.702. The second-order valence-electron chi connectivity index (χ2n) is 2.40. The highest BCUT2D eigenvalue weighted by Crippen LogP contribution is 2.25. The zero-order valence-electron chi connectivity index (χ0n) is 6.89. The Labute approximate surface area is 95.5 Å². The topological polar surface area (TPSA) is 54.1 Å². The molecular formula is C7H7Cl3N2O2. The second kappa shape index (κ2) is 4.77. The fraction of sp³-hybridized carbons (Fsp3) is 0.286. The lowest BCUT2D eigenvalue weighted by Crippen LogP contribution is -2.21. The first-order chi connectivity index (χ1) is 6.47. The van der Waals surface area contributed by atoms with Crippen molar-refractivity contribution in [2.24, 2.45) is 0 Å². The van der Waals surface area contributed by atoms with Crippen LogP contribution in [0.3, 0.4) is 0 Å². The van der Waals surface area contributed by atoms with Crippen LogP contribution in [0.1, 0.15) is 0 Å². The molecule has 0 saturated heterocycles. The van der Waals surface area contributed by atoms with E-state index in [0.29, 0.717) is 5.82 Å². The molecule has 78 valence electrons. The van der Waals surface area contributed by atoms with Crippen molar-refractivity contribution in [1.29, 1.82) is 0 Å². The van der Waals surface area contributed by atoms with E-state index in [-0.39, 0.29) is 6.61 Å². The molecule has 0 unspecified atom stereocenters. The number of alkyl halides is 3. The third kappa shape index (κ3) is 4.60. The number of carbonyl (C=O) groups is 1. The smallest absolute Gasteiger partial charge is 0.412 e. The number of ether oxygens (including phenoxy) is 1. The number of anilines is 1. The quantitative estimate of drug-likeness (QED) is 0.800. The maximum absolute atomic E-state index is 11.0. The number of carbonyl (C=O) groups excluding carboxylic acids is 1. The molecule has 0 bridgehead atoms. The molecule has 14 heavy (non-hydrogen) atoms. The highest BCUT2D eigenvalue weighted by molar-refractivity contribution is 6.67. The molecule has 0 spiro atoms. The Morgan fingerprint density at radius 1 is 1.57 bits per heavy atom. The summed E-state index contributed by atoms with van der Waals surface area (Å²) in [6, 6.07) is 3.39. The highest BCUT2D eigenvalue weighted by Gasteiger charge is 2.22. The van der Waals surface area contributed by atoms with Crippen molar-refractivity contribution >= 4 is 46.7 Å². The molecule has 1 aromatic rings. The molecule has 0 saturated carbocycles. The molecule has 0 fully saturated rings. The Morgan fingerprint density at radius 2 is 2.29 bits per heavy atom. The maximum atomic E-state index is 11.0. The number of halogens is 3.